The van der Waals surface area contributed by atoms with Crippen LogP contribution in [-0.4, -0.2) is 29.8 Å². The normalized spacial score (nSPS) is 16.1. The number of primary amides is 1. The number of nitrogens with zero attached hydrogens (tertiary/aromatic N) is 1. The first kappa shape index (κ1) is 15.3. The molecule has 2 amide bonds. The van der Waals surface area contributed by atoms with E-state index in [1.165, 1.54) is 0 Å². The number of fused-ring (bicyclic) bond motifs is 1. The molecule has 1 saturated heterocycles. The van der Waals surface area contributed by atoms with E-state index in [9.17, 15) is 9.59 Å². The highest BCUT2D eigenvalue weighted by atomic mass is 16.2. The average Bonchev–Trinajstić information content (AvgIpc) is 2.59. The molecule has 1 aliphatic heterocycles. The molecule has 0 aromatic heterocycles. The Hall–Kier alpha value is -2.62. The lowest BCUT2D eigenvalue weighted by atomic mass is 9.96. The van der Waals surface area contributed by atoms with E-state index in [0.717, 1.165) is 16.3 Å². The van der Waals surface area contributed by atoms with Crippen molar-refractivity contribution in [2.24, 2.45) is 11.7 Å². The fourth-order valence-corrected chi connectivity index (χ4v) is 3.05. The summed E-state index contributed by atoms with van der Waals surface area (Å²) in [6.45, 7) is 1.18. The standard InChI is InChI=1S/C19H20N2O2/c20-19(23)16-10-12-21(13-11-16)18(22)9-8-15-6-3-5-14-4-1-2-7-17(14)15/h1-9,16H,10-13H2,(H2,20,23)/b9-8+. The van der Waals surface area contributed by atoms with Crippen molar-refractivity contribution in [1.29, 1.82) is 0 Å². The summed E-state index contributed by atoms with van der Waals surface area (Å²) >= 11 is 0. The van der Waals surface area contributed by atoms with Gasteiger partial charge in [-0.2, -0.15) is 0 Å². The molecule has 0 bridgehead atoms. The number of likely N-dealkylation sites (tertiary alicyclic amines) is 1. The Bertz CT molecular complexity index is 754. The van der Waals surface area contributed by atoms with Crippen molar-refractivity contribution in [2.75, 3.05) is 13.1 Å². The van der Waals surface area contributed by atoms with Crippen LogP contribution in [0.3, 0.4) is 0 Å². The monoisotopic (exact) mass is 308 g/mol. The molecule has 1 fully saturated rings. The zero-order valence-electron chi connectivity index (χ0n) is 12.9. The van der Waals surface area contributed by atoms with Crippen molar-refractivity contribution < 1.29 is 9.59 Å². The van der Waals surface area contributed by atoms with Crippen LogP contribution in [0.15, 0.2) is 48.5 Å². The van der Waals surface area contributed by atoms with Gasteiger partial charge in [-0.05, 0) is 35.3 Å². The Labute approximate surface area is 135 Å². The number of rotatable bonds is 3. The maximum absolute atomic E-state index is 12.3. The molecule has 0 radical (unpaired) electrons. The van der Waals surface area contributed by atoms with E-state index in [1.54, 1.807) is 11.0 Å². The van der Waals surface area contributed by atoms with Crippen molar-refractivity contribution in [1.82, 2.24) is 4.90 Å². The largest absolute Gasteiger partial charge is 0.369 e. The van der Waals surface area contributed by atoms with Gasteiger partial charge < -0.3 is 10.6 Å². The van der Waals surface area contributed by atoms with Gasteiger partial charge in [-0.15, -0.1) is 0 Å². The number of piperidine rings is 1. The number of hydrogen-bond acceptors (Lipinski definition) is 2. The van der Waals surface area contributed by atoms with Crippen molar-refractivity contribution in [3.63, 3.8) is 0 Å². The summed E-state index contributed by atoms with van der Waals surface area (Å²) in [5.74, 6) is -0.370. The lowest BCUT2D eigenvalue weighted by Crippen LogP contribution is -2.41. The highest BCUT2D eigenvalue weighted by Gasteiger charge is 2.24. The van der Waals surface area contributed by atoms with Gasteiger partial charge in [-0.1, -0.05) is 42.5 Å². The van der Waals surface area contributed by atoms with E-state index in [1.807, 2.05) is 30.3 Å². The lowest BCUT2D eigenvalue weighted by Gasteiger charge is -2.29. The number of benzene rings is 2. The molecule has 2 aromatic carbocycles. The number of nitrogens with two attached hydrogens (primary N) is 1. The van der Waals surface area contributed by atoms with Crippen molar-refractivity contribution in [3.05, 3.63) is 54.1 Å². The van der Waals surface area contributed by atoms with Crippen LogP contribution in [0.4, 0.5) is 0 Å². The quantitative estimate of drug-likeness (QED) is 0.886. The molecular weight excluding hydrogens is 288 g/mol. The minimum absolute atomic E-state index is 0.0131. The second kappa shape index (κ2) is 6.65. The Balaban J connectivity index is 1.70. The van der Waals surface area contributed by atoms with Crippen LogP contribution < -0.4 is 5.73 Å². The van der Waals surface area contributed by atoms with E-state index in [2.05, 4.69) is 18.2 Å². The van der Waals surface area contributed by atoms with Crippen LogP contribution in [0.1, 0.15) is 18.4 Å². The highest BCUT2D eigenvalue weighted by Crippen LogP contribution is 2.20. The molecule has 0 saturated carbocycles. The van der Waals surface area contributed by atoms with Crippen LogP contribution in [0, 0.1) is 5.92 Å². The minimum Gasteiger partial charge on any atom is -0.369 e. The van der Waals surface area contributed by atoms with Gasteiger partial charge in [-0.3, -0.25) is 9.59 Å². The van der Waals surface area contributed by atoms with E-state index < -0.39 is 0 Å². The topological polar surface area (TPSA) is 63.4 Å². The van der Waals surface area contributed by atoms with Gasteiger partial charge in [0.15, 0.2) is 0 Å². The predicted octanol–water partition coefficient (Wildman–Crippen LogP) is 2.58. The minimum atomic E-state index is -0.261. The fourth-order valence-electron chi connectivity index (χ4n) is 3.05. The predicted molar refractivity (Wildman–Crippen MR) is 91.5 cm³/mol. The molecule has 1 heterocycles. The molecule has 2 aromatic rings. The summed E-state index contributed by atoms with van der Waals surface area (Å²) in [6, 6.07) is 14.2. The van der Waals surface area contributed by atoms with Crippen molar-refractivity contribution in [2.45, 2.75) is 12.8 Å². The summed E-state index contributed by atoms with van der Waals surface area (Å²) < 4.78 is 0. The first-order chi connectivity index (χ1) is 11.1. The lowest BCUT2D eigenvalue weighted by molar-refractivity contribution is -0.130. The van der Waals surface area contributed by atoms with Gasteiger partial charge in [-0.25, -0.2) is 0 Å². The third-order valence-corrected chi connectivity index (χ3v) is 4.44. The molecule has 4 heteroatoms. The van der Waals surface area contributed by atoms with E-state index in [0.29, 0.717) is 25.9 Å². The van der Waals surface area contributed by atoms with Gasteiger partial charge in [0.1, 0.15) is 0 Å². The zero-order chi connectivity index (χ0) is 16.2. The third kappa shape index (κ3) is 3.42. The Kier molecular flexibility index (Phi) is 4.42. The summed E-state index contributed by atoms with van der Waals surface area (Å²) in [5.41, 5.74) is 6.35. The molecule has 0 aliphatic carbocycles. The first-order valence-corrected chi connectivity index (χ1v) is 7.89. The Morgan fingerprint density at radius 2 is 1.74 bits per heavy atom. The van der Waals surface area contributed by atoms with Gasteiger partial charge in [0.2, 0.25) is 11.8 Å². The summed E-state index contributed by atoms with van der Waals surface area (Å²) in [4.78, 5) is 25.3. The maximum atomic E-state index is 12.3. The number of carbonyl (C=O) groups excluding carboxylic acids is 2. The molecule has 1 aliphatic rings. The molecule has 0 atom stereocenters. The molecule has 23 heavy (non-hydrogen) atoms. The maximum Gasteiger partial charge on any atom is 0.246 e. The number of hydrogen-bond donors (Lipinski definition) is 1. The van der Waals surface area contributed by atoms with Crippen LogP contribution >= 0.6 is 0 Å². The smallest absolute Gasteiger partial charge is 0.246 e. The van der Waals surface area contributed by atoms with Crippen LogP contribution in [0.25, 0.3) is 16.8 Å². The molecular formula is C19H20N2O2. The molecule has 0 unspecified atom stereocenters. The number of carbonyl (C=O) groups is 2. The third-order valence-electron chi connectivity index (χ3n) is 4.44. The zero-order valence-corrected chi connectivity index (χ0v) is 12.9. The summed E-state index contributed by atoms with van der Waals surface area (Å²) in [5, 5.41) is 2.29. The van der Waals surface area contributed by atoms with Gasteiger partial charge in [0.05, 0.1) is 0 Å². The Morgan fingerprint density at radius 3 is 2.48 bits per heavy atom. The van der Waals surface area contributed by atoms with Gasteiger partial charge in [0, 0.05) is 25.1 Å². The van der Waals surface area contributed by atoms with E-state index in [-0.39, 0.29) is 17.7 Å². The summed E-state index contributed by atoms with van der Waals surface area (Å²) in [7, 11) is 0. The SMILES string of the molecule is NC(=O)C1CCN(C(=O)/C=C/c2cccc3ccccc23)CC1. The molecule has 3 rings (SSSR count). The molecule has 4 nitrogen and oxygen atoms in total. The van der Waals surface area contributed by atoms with Gasteiger partial charge in [0.25, 0.3) is 0 Å². The van der Waals surface area contributed by atoms with Gasteiger partial charge >= 0.3 is 0 Å². The molecule has 2 N–H and O–H groups in total. The highest BCUT2D eigenvalue weighted by molar-refractivity contribution is 5.96. The van der Waals surface area contributed by atoms with E-state index in [4.69, 9.17) is 5.73 Å². The van der Waals surface area contributed by atoms with Crippen molar-refractivity contribution >= 4 is 28.7 Å². The average molecular weight is 308 g/mol. The molecule has 0 spiro atoms. The number of amides is 2. The fraction of sp³-hybridized carbons (Fsp3) is 0.263. The van der Waals surface area contributed by atoms with Crippen LogP contribution in [-0.2, 0) is 9.59 Å². The second-order valence-electron chi connectivity index (χ2n) is 5.90. The first-order valence-electron chi connectivity index (χ1n) is 7.89. The van der Waals surface area contributed by atoms with Crippen molar-refractivity contribution in [3.8, 4) is 0 Å². The van der Waals surface area contributed by atoms with Crippen LogP contribution in [0.5, 0.6) is 0 Å². The van der Waals surface area contributed by atoms with E-state index >= 15 is 0 Å². The second-order valence-corrected chi connectivity index (χ2v) is 5.90. The summed E-state index contributed by atoms with van der Waals surface area (Å²) in [6.07, 6.45) is 4.80. The Morgan fingerprint density at radius 1 is 1.04 bits per heavy atom. The molecule has 118 valence electrons. The van der Waals surface area contributed by atoms with Crippen LogP contribution in [0.2, 0.25) is 0 Å².